The molecule has 0 radical (unpaired) electrons. The van der Waals surface area contributed by atoms with Crippen molar-refractivity contribution in [3.8, 4) is 0 Å². The summed E-state index contributed by atoms with van der Waals surface area (Å²) in [4.78, 5) is 0.949. The van der Waals surface area contributed by atoms with Gasteiger partial charge in [-0.2, -0.15) is 0 Å². The van der Waals surface area contributed by atoms with Crippen LogP contribution in [0.5, 0.6) is 0 Å². The summed E-state index contributed by atoms with van der Waals surface area (Å²) < 4.78 is 0.729. The minimum atomic E-state index is -0.476. The number of aliphatic hydroxyl groups excluding tert-OH is 1. The third-order valence-corrected chi connectivity index (χ3v) is 5.73. The maximum atomic E-state index is 10.7. The Balaban J connectivity index is 2.18. The zero-order chi connectivity index (χ0) is 13.4. The van der Waals surface area contributed by atoms with E-state index in [4.69, 9.17) is 17.3 Å². The Kier molecular flexibility index (Phi) is 4.07. The normalized spacial score (nSPS) is 23.8. The van der Waals surface area contributed by atoms with Crippen LogP contribution in [0.2, 0.25) is 4.34 Å². The van der Waals surface area contributed by atoms with E-state index in [-0.39, 0.29) is 5.41 Å². The average molecular weight is 288 g/mol. The van der Waals surface area contributed by atoms with Crippen LogP contribution in [-0.2, 0) is 0 Å². The van der Waals surface area contributed by atoms with E-state index in [1.165, 1.54) is 11.3 Å². The van der Waals surface area contributed by atoms with Crippen LogP contribution in [0.1, 0.15) is 50.5 Å². The van der Waals surface area contributed by atoms with Crippen LogP contribution in [-0.4, -0.2) is 11.7 Å². The lowest BCUT2D eigenvalue weighted by atomic mass is 9.62. The lowest BCUT2D eigenvalue weighted by Crippen LogP contribution is -2.41. The molecule has 1 aromatic heterocycles. The van der Waals surface area contributed by atoms with Crippen molar-refractivity contribution < 1.29 is 5.11 Å². The second-order valence-electron chi connectivity index (χ2n) is 6.28. The molecule has 0 aliphatic heterocycles. The Morgan fingerprint density at radius 2 is 1.94 bits per heavy atom. The Morgan fingerprint density at radius 3 is 2.39 bits per heavy atom. The summed E-state index contributed by atoms with van der Waals surface area (Å²) in [5.74, 6) is 0. The van der Waals surface area contributed by atoms with Crippen molar-refractivity contribution in [2.75, 3.05) is 6.54 Å². The summed E-state index contributed by atoms with van der Waals surface area (Å²) >= 11 is 7.42. The van der Waals surface area contributed by atoms with Gasteiger partial charge in [0.05, 0.1) is 10.4 Å². The second kappa shape index (κ2) is 5.12. The molecule has 1 aliphatic rings. The molecule has 0 aromatic carbocycles. The highest BCUT2D eigenvalue weighted by Crippen LogP contribution is 2.51. The van der Waals surface area contributed by atoms with Crippen LogP contribution in [0.15, 0.2) is 12.1 Å². The van der Waals surface area contributed by atoms with Crippen LogP contribution < -0.4 is 5.73 Å². The maximum Gasteiger partial charge on any atom is 0.0950 e. The summed E-state index contributed by atoms with van der Waals surface area (Å²) in [6.45, 7) is 5.13. The van der Waals surface area contributed by atoms with Crippen molar-refractivity contribution in [1.82, 2.24) is 0 Å². The number of aliphatic hydroxyl groups is 1. The quantitative estimate of drug-likeness (QED) is 0.883. The van der Waals surface area contributed by atoms with Gasteiger partial charge in [0.15, 0.2) is 0 Å². The van der Waals surface area contributed by atoms with Crippen molar-refractivity contribution in [3.63, 3.8) is 0 Å². The van der Waals surface area contributed by atoms with Gasteiger partial charge >= 0.3 is 0 Å². The highest BCUT2D eigenvalue weighted by Gasteiger charge is 2.43. The Morgan fingerprint density at radius 1 is 1.33 bits per heavy atom. The Bertz CT molecular complexity index is 406. The molecule has 1 saturated carbocycles. The van der Waals surface area contributed by atoms with Gasteiger partial charge in [-0.05, 0) is 43.2 Å². The minimum absolute atomic E-state index is 0.163. The molecule has 1 aromatic rings. The molecule has 0 saturated heterocycles. The van der Waals surface area contributed by atoms with Gasteiger partial charge in [0.1, 0.15) is 0 Å². The van der Waals surface area contributed by atoms with Crippen molar-refractivity contribution >= 4 is 22.9 Å². The van der Waals surface area contributed by atoms with Gasteiger partial charge in [-0.15, -0.1) is 11.3 Å². The average Bonchev–Trinajstić information content (AvgIpc) is 2.76. The number of hydrogen-bond donors (Lipinski definition) is 2. The molecule has 1 heterocycles. The Hall–Kier alpha value is -0.0900. The number of thiophene rings is 1. The van der Waals surface area contributed by atoms with E-state index in [0.717, 1.165) is 34.9 Å². The molecule has 1 fully saturated rings. The molecule has 0 spiro atoms. The summed E-state index contributed by atoms with van der Waals surface area (Å²) in [6.07, 6.45) is 3.76. The predicted molar refractivity (Wildman–Crippen MR) is 78.0 cm³/mol. The van der Waals surface area contributed by atoms with Crippen LogP contribution in [0, 0.1) is 10.8 Å². The number of rotatable bonds is 3. The molecule has 0 amide bonds. The highest BCUT2D eigenvalue weighted by molar-refractivity contribution is 7.16. The zero-order valence-electron chi connectivity index (χ0n) is 11.1. The van der Waals surface area contributed by atoms with E-state index in [1.807, 2.05) is 12.1 Å². The molecule has 0 bridgehead atoms. The monoisotopic (exact) mass is 287 g/mol. The van der Waals surface area contributed by atoms with Gasteiger partial charge in [-0.1, -0.05) is 25.4 Å². The van der Waals surface area contributed by atoms with Crippen molar-refractivity contribution in [2.24, 2.45) is 16.6 Å². The number of hydrogen-bond acceptors (Lipinski definition) is 3. The Labute approximate surface area is 118 Å². The standard InChI is InChI=1S/C14H22ClNOS/c1-13(2)5-7-14(9-16,8-6-13)12(17)10-3-4-11(15)18-10/h3-4,12,17H,5-9,16H2,1-2H3. The number of halogens is 1. The molecule has 1 atom stereocenters. The first kappa shape index (κ1) is 14.3. The molecule has 1 aliphatic carbocycles. The summed E-state index contributed by atoms with van der Waals surface area (Å²) in [5, 5.41) is 10.7. The summed E-state index contributed by atoms with van der Waals surface area (Å²) in [5.41, 5.74) is 6.20. The third kappa shape index (κ3) is 2.74. The van der Waals surface area contributed by atoms with Gasteiger partial charge < -0.3 is 10.8 Å². The first-order valence-electron chi connectivity index (χ1n) is 6.52. The van der Waals surface area contributed by atoms with E-state index in [1.54, 1.807) is 0 Å². The van der Waals surface area contributed by atoms with Crippen molar-refractivity contribution in [3.05, 3.63) is 21.3 Å². The van der Waals surface area contributed by atoms with Crippen LogP contribution in [0.25, 0.3) is 0 Å². The van der Waals surface area contributed by atoms with Gasteiger partial charge in [0.25, 0.3) is 0 Å². The van der Waals surface area contributed by atoms with Crippen molar-refractivity contribution in [2.45, 2.75) is 45.6 Å². The van der Waals surface area contributed by atoms with E-state index in [2.05, 4.69) is 13.8 Å². The molecule has 4 heteroatoms. The van der Waals surface area contributed by atoms with Gasteiger partial charge in [-0.3, -0.25) is 0 Å². The molecular formula is C14H22ClNOS. The SMILES string of the molecule is CC1(C)CCC(CN)(C(O)c2ccc(Cl)s2)CC1. The lowest BCUT2D eigenvalue weighted by molar-refractivity contribution is -0.0215. The molecule has 2 rings (SSSR count). The van der Waals surface area contributed by atoms with E-state index < -0.39 is 6.10 Å². The highest BCUT2D eigenvalue weighted by atomic mass is 35.5. The molecular weight excluding hydrogens is 266 g/mol. The minimum Gasteiger partial charge on any atom is -0.387 e. The fourth-order valence-electron chi connectivity index (χ4n) is 2.79. The maximum absolute atomic E-state index is 10.7. The summed E-state index contributed by atoms with van der Waals surface area (Å²) in [7, 11) is 0. The first-order valence-corrected chi connectivity index (χ1v) is 7.71. The molecule has 102 valence electrons. The van der Waals surface area contributed by atoms with Gasteiger partial charge in [0.2, 0.25) is 0 Å². The molecule has 18 heavy (non-hydrogen) atoms. The largest absolute Gasteiger partial charge is 0.387 e. The second-order valence-corrected chi connectivity index (χ2v) is 8.02. The topological polar surface area (TPSA) is 46.2 Å². The molecule has 1 unspecified atom stereocenters. The van der Waals surface area contributed by atoms with Crippen LogP contribution in [0.3, 0.4) is 0 Å². The van der Waals surface area contributed by atoms with Gasteiger partial charge in [0, 0.05) is 16.8 Å². The van der Waals surface area contributed by atoms with Gasteiger partial charge in [-0.25, -0.2) is 0 Å². The predicted octanol–water partition coefficient (Wildman–Crippen LogP) is 3.98. The van der Waals surface area contributed by atoms with E-state index in [9.17, 15) is 5.11 Å². The first-order chi connectivity index (χ1) is 8.38. The van der Waals surface area contributed by atoms with Crippen LogP contribution in [0.4, 0.5) is 0 Å². The molecule has 3 N–H and O–H groups in total. The van der Waals surface area contributed by atoms with Crippen LogP contribution >= 0.6 is 22.9 Å². The smallest absolute Gasteiger partial charge is 0.0950 e. The van der Waals surface area contributed by atoms with Crippen molar-refractivity contribution in [1.29, 1.82) is 0 Å². The lowest BCUT2D eigenvalue weighted by Gasteiger charge is -2.45. The summed E-state index contributed by atoms with van der Waals surface area (Å²) in [6, 6.07) is 3.77. The van der Waals surface area contributed by atoms with E-state index >= 15 is 0 Å². The fourth-order valence-corrected chi connectivity index (χ4v) is 3.98. The third-order valence-electron chi connectivity index (χ3n) is 4.45. The molecule has 2 nitrogen and oxygen atoms in total. The zero-order valence-corrected chi connectivity index (χ0v) is 12.7. The van der Waals surface area contributed by atoms with E-state index in [0.29, 0.717) is 12.0 Å². The fraction of sp³-hybridized carbons (Fsp3) is 0.714. The number of nitrogens with two attached hydrogens (primary N) is 1.